The lowest BCUT2D eigenvalue weighted by Crippen LogP contribution is -2.38. The normalized spacial score (nSPS) is 11.2. The topological polar surface area (TPSA) is 97.6 Å². The summed E-state index contributed by atoms with van der Waals surface area (Å²) >= 11 is 0. The molecule has 0 saturated carbocycles. The van der Waals surface area contributed by atoms with E-state index in [1.807, 2.05) is 0 Å². The molecule has 0 aliphatic rings. The summed E-state index contributed by atoms with van der Waals surface area (Å²) < 4.78 is 49.8. The van der Waals surface area contributed by atoms with Crippen LogP contribution >= 0.6 is 0 Å². The number of carbonyl (C=O) groups is 2. The number of aromatic nitrogens is 2. The molecular formula is C22H21F3N4O4. The third-order valence-electron chi connectivity index (χ3n) is 4.55. The molecule has 0 fully saturated rings. The SMILES string of the molecule is CCN(CC(=O)Nc1ccccc1C(F)(F)F)C(=O)c1ccc(OCc2noc(C)n2)cc1. The fourth-order valence-corrected chi connectivity index (χ4v) is 2.95. The number of aryl methyl sites for hydroxylation is 1. The number of benzene rings is 2. The summed E-state index contributed by atoms with van der Waals surface area (Å²) in [6, 6.07) is 10.9. The molecule has 0 atom stereocenters. The summed E-state index contributed by atoms with van der Waals surface area (Å²) in [5, 5.41) is 5.95. The molecule has 1 N–H and O–H groups in total. The van der Waals surface area contributed by atoms with E-state index in [0.717, 1.165) is 12.1 Å². The zero-order chi connectivity index (χ0) is 24.0. The van der Waals surface area contributed by atoms with E-state index in [1.54, 1.807) is 26.0 Å². The van der Waals surface area contributed by atoms with Gasteiger partial charge in [-0.1, -0.05) is 17.3 Å². The first-order valence-corrected chi connectivity index (χ1v) is 9.94. The van der Waals surface area contributed by atoms with Crippen molar-refractivity contribution in [2.24, 2.45) is 0 Å². The number of rotatable bonds is 8. The van der Waals surface area contributed by atoms with Crippen molar-refractivity contribution in [1.82, 2.24) is 15.0 Å². The number of likely N-dealkylation sites (N-methyl/N-ethyl adjacent to an activating group) is 1. The Bertz CT molecular complexity index is 1110. The Morgan fingerprint density at radius 3 is 2.42 bits per heavy atom. The average molecular weight is 462 g/mol. The zero-order valence-electron chi connectivity index (χ0n) is 17.8. The molecule has 0 radical (unpaired) electrons. The van der Waals surface area contributed by atoms with Gasteiger partial charge in [0.2, 0.25) is 17.6 Å². The van der Waals surface area contributed by atoms with Crippen LogP contribution in [0.5, 0.6) is 5.75 Å². The number of para-hydroxylation sites is 1. The molecule has 3 rings (SSSR count). The van der Waals surface area contributed by atoms with E-state index in [0.29, 0.717) is 23.0 Å². The Kier molecular flexibility index (Phi) is 7.31. The maximum absolute atomic E-state index is 13.1. The number of hydrogen-bond donors (Lipinski definition) is 1. The highest BCUT2D eigenvalue weighted by Crippen LogP contribution is 2.34. The van der Waals surface area contributed by atoms with E-state index in [4.69, 9.17) is 9.26 Å². The molecule has 0 aliphatic heterocycles. The molecule has 0 saturated heterocycles. The van der Waals surface area contributed by atoms with E-state index in [1.165, 1.54) is 29.2 Å². The number of carbonyl (C=O) groups excluding carboxylic acids is 2. The van der Waals surface area contributed by atoms with Gasteiger partial charge in [-0.05, 0) is 43.3 Å². The molecular weight excluding hydrogens is 441 g/mol. The lowest BCUT2D eigenvalue weighted by Gasteiger charge is -2.21. The van der Waals surface area contributed by atoms with Crippen LogP contribution in [0, 0.1) is 6.92 Å². The number of halogens is 3. The zero-order valence-corrected chi connectivity index (χ0v) is 17.8. The molecule has 174 valence electrons. The Morgan fingerprint density at radius 1 is 1.12 bits per heavy atom. The first-order valence-electron chi connectivity index (χ1n) is 9.94. The van der Waals surface area contributed by atoms with Gasteiger partial charge in [0, 0.05) is 19.0 Å². The minimum absolute atomic E-state index is 0.0886. The average Bonchev–Trinajstić information content (AvgIpc) is 3.20. The van der Waals surface area contributed by atoms with E-state index < -0.39 is 30.1 Å². The number of amides is 2. The third kappa shape index (κ3) is 6.31. The molecule has 8 nitrogen and oxygen atoms in total. The predicted octanol–water partition coefficient (Wildman–Crippen LogP) is 4.08. The van der Waals surface area contributed by atoms with Crippen LogP contribution in [0.4, 0.5) is 18.9 Å². The smallest absolute Gasteiger partial charge is 0.418 e. The van der Waals surface area contributed by atoms with Crippen LogP contribution < -0.4 is 10.1 Å². The standard InChI is InChI=1S/C22H21F3N4O4/c1-3-29(12-20(30)27-18-7-5-4-6-17(18)22(23,24)25)21(31)15-8-10-16(11-9-15)32-13-19-26-14(2)33-28-19/h4-11H,3,12-13H2,1-2H3,(H,27,30). The number of hydrogen-bond acceptors (Lipinski definition) is 6. The predicted molar refractivity (Wildman–Crippen MR) is 111 cm³/mol. The van der Waals surface area contributed by atoms with Crippen LogP contribution in [-0.4, -0.2) is 39.9 Å². The van der Waals surface area contributed by atoms with Gasteiger partial charge < -0.3 is 19.5 Å². The van der Waals surface area contributed by atoms with Crippen molar-refractivity contribution in [1.29, 1.82) is 0 Å². The van der Waals surface area contributed by atoms with Crippen LogP contribution in [0.25, 0.3) is 0 Å². The number of alkyl halides is 3. The molecule has 11 heteroatoms. The maximum atomic E-state index is 13.1. The fraction of sp³-hybridized carbons (Fsp3) is 0.273. The van der Waals surface area contributed by atoms with Gasteiger partial charge in [-0.15, -0.1) is 0 Å². The highest BCUT2D eigenvalue weighted by atomic mass is 19.4. The highest BCUT2D eigenvalue weighted by molar-refractivity contribution is 5.99. The van der Waals surface area contributed by atoms with Gasteiger partial charge in [-0.3, -0.25) is 9.59 Å². The van der Waals surface area contributed by atoms with Crippen LogP contribution in [-0.2, 0) is 17.6 Å². The van der Waals surface area contributed by atoms with Crippen molar-refractivity contribution in [2.45, 2.75) is 26.6 Å². The summed E-state index contributed by atoms with van der Waals surface area (Å²) in [7, 11) is 0. The minimum atomic E-state index is -4.61. The summed E-state index contributed by atoms with van der Waals surface area (Å²) in [6.07, 6.45) is -4.61. The molecule has 1 aromatic heterocycles. The monoisotopic (exact) mass is 462 g/mol. The van der Waals surface area contributed by atoms with Gasteiger partial charge in [0.25, 0.3) is 5.91 Å². The summed E-state index contributed by atoms with van der Waals surface area (Å²) in [6.45, 7) is 3.19. The van der Waals surface area contributed by atoms with Crippen LogP contribution in [0.15, 0.2) is 53.1 Å². The van der Waals surface area contributed by atoms with Crippen molar-refractivity contribution in [3.63, 3.8) is 0 Å². The molecule has 1 heterocycles. The summed E-state index contributed by atoms with van der Waals surface area (Å²) in [5.41, 5.74) is -1.03. The van der Waals surface area contributed by atoms with Gasteiger partial charge in [-0.25, -0.2) is 0 Å². The van der Waals surface area contributed by atoms with Crippen molar-refractivity contribution >= 4 is 17.5 Å². The second-order valence-corrected chi connectivity index (χ2v) is 6.95. The molecule has 33 heavy (non-hydrogen) atoms. The molecule has 0 bridgehead atoms. The van der Waals surface area contributed by atoms with E-state index in [-0.39, 0.29) is 18.8 Å². The molecule has 0 spiro atoms. The quantitative estimate of drug-likeness (QED) is 0.542. The molecule has 3 aromatic rings. The van der Waals surface area contributed by atoms with E-state index >= 15 is 0 Å². The van der Waals surface area contributed by atoms with Crippen molar-refractivity contribution in [3.8, 4) is 5.75 Å². The largest absolute Gasteiger partial charge is 0.485 e. The van der Waals surface area contributed by atoms with Gasteiger partial charge in [0.1, 0.15) is 12.3 Å². The lowest BCUT2D eigenvalue weighted by molar-refractivity contribution is -0.137. The first kappa shape index (κ1) is 23.8. The number of nitrogens with one attached hydrogen (secondary N) is 1. The van der Waals surface area contributed by atoms with E-state index in [9.17, 15) is 22.8 Å². The van der Waals surface area contributed by atoms with E-state index in [2.05, 4.69) is 15.5 Å². The minimum Gasteiger partial charge on any atom is -0.485 e. The molecule has 2 amide bonds. The molecule has 0 aliphatic carbocycles. The number of nitrogens with zero attached hydrogens (tertiary/aromatic N) is 3. The maximum Gasteiger partial charge on any atom is 0.418 e. The Morgan fingerprint density at radius 2 is 1.82 bits per heavy atom. The number of anilines is 1. The van der Waals surface area contributed by atoms with Crippen LogP contribution in [0.1, 0.15) is 34.6 Å². The van der Waals surface area contributed by atoms with Gasteiger partial charge >= 0.3 is 6.18 Å². The molecule has 2 aromatic carbocycles. The van der Waals surface area contributed by atoms with Crippen molar-refractivity contribution in [2.75, 3.05) is 18.4 Å². The second-order valence-electron chi connectivity index (χ2n) is 6.95. The van der Waals surface area contributed by atoms with Gasteiger partial charge in [0.05, 0.1) is 11.3 Å². The molecule has 0 unspecified atom stereocenters. The Hall–Kier alpha value is -3.89. The van der Waals surface area contributed by atoms with Crippen molar-refractivity contribution < 1.29 is 32.0 Å². The van der Waals surface area contributed by atoms with Crippen LogP contribution in [0.2, 0.25) is 0 Å². The van der Waals surface area contributed by atoms with Crippen molar-refractivity contribution in [3.05, 3.63) is 71.4 Å². The summed E-state index contributed by atoms with van der Waals surface area (Å²) in [4.78, 5) is 30.4. The highest BCUT2D eigenvalue weighted by Gasteiger charge is 2.33. The third-order valence-corrected chi connectivity index (χ3v) is 4.55. The Labute approximate surface area is 187 Å². The van der Waals surface area contributed by atoms with Crippen LogP contribution in [0.3, 0.4) is 0 Å². The van der Waals surface area contributed by atoms with Gasteiger partial charge in [0.15, 0.2) is 6.61 Å². The summed E-state index contributed by atoms with van der Waals surface area (Å²) in [5.74, 6) is 0.0796. The van der Waals surface area contributed by atoms with Gasteiger partial charge in [-0.2, -0.15) is 18.2 Å². The lowest BCUT2D eigenvalue weighted by atomic mass is 10.1. The first-order chi connectivity index (χ1) is 15.7. The Balaban J connectivity index is 1.61. The second kappa shape index (κ2) is 10.2. The fourth-order valence-electron chi connectivity index (χ4n) is 2.95. The number of ether oxygens (including phenoxy) is 1.